The van der Waals surface area contributed by atoms with Gasteiger partial charge in [-0.3, -0.25) is 4.79 Å². The average Bonchev–Trinajstić information content (AvgIpc) is 2.33. The zero-order valence-electron chi connectivity index (χ0n) is 6.07. The largest absolute Gasteiger partial charge is 0.368 e. The van der Waals surface area contributed by atoms with Gasteiger partial charge in [0.25, 0.3) is 0 Å². The van der Waals surface area contributed by atoms with Crippen molar-refractivity contribution in [2.45, 2.75) is 13.0 Å². The van der Waals surface area contributed by atoms with E-state index in [0.29, 0.717) is 0 Å². The van der Waals surface area contributed by atoms with E-state index in [1.165, 1.54) is 11.3 Å². The fourth-order valence-electron chi connectivity index (χ4n) is 0.739. The molecule has 4 nitrogen and oxygen atoms in total. The molecule has 1 unspecified atom stereocenters. The van der Waals surface area contributed by atoms with Crippen molar-refractivity contribution in [2.75, 3.05) is 0 Å². The Hall–Kier alpha value is -0.940. The third kappa shape index (κ3) is 1.55. The monoisotopic (exact) mass is 171 g/mol. The zero-order chi connectivity index (χ0) is 8.43. The number of hydrogen-bond acceptors (Lipinski definition) is 4. The van der Waals surface area contributed by atoms with E-state index >= 15 is 0 Å². The molecule has 1 heterocycles. The van der Waals surface area contributed by atoms with Crippen LogP contribution in [0.5, 0.6) is 0 Å². The van der Waals surface area contributed by atoms with E-state index < -0.39 is 11.9 Å². The van der Waals surface area contributed by atoms with Gasteiger partial charge in [-0.2, -0.15) is 0 Å². The van der Waals surface area contributed by atoms with Gasteiger partial charge in [0.1, 0.15) is 6.04 Å². The summed E-state index contributed by atoms with van der Waals surface area (Å²) in [6, 6.07) is -0.706. The van der Waals surface area contributed by atoms with Crippen LogP contribution in [0.3, 0.4) is 0 Å². The number of rotatable bonds is 2. The molecule has 0 spiro atoms. The smallest absolute Gasteiger partial charge is 0.239 e. The molecule has 1 rings (SSSR count). The van der Waals surface area contributed by atoms with Crippen molar-refractivity contribution in [1.29, 1.82) is 0 Å². The van der Waals surface area contributed by atoms with Gasteiger partial charge in [-0.05, 0) is 6.92 Å². The fraction of sp³-hybridized carbons (Fsp3) is 0.333. The van der Waals surface area contributed by atoms with E-state index in [4.69, 9.17) is 11.5 Å². The van der Waals surface area contributed by atoms with Crippen molar-refractivity contribution in [3.05, 3.63) is 16.1 Å². The van der Waals surface area contributed by atoms with E-state index in [1.54, 1.807) is 12.4 Å². The first-order valence-electron chi connectivity index (χ1n) is 3.08. The van der Waals surface area contributed by atoms with Crippen molar-refractivity contribution in [3.63, 3.8) is 0 Å². The number of aromatic nitrogens is 1. The van der Waals surface area contributed by atoms with Crippen LogP contribution in [0.1, 0.15) is 16.6 Å². The lowest BCUT2D eigenvalue weighted by molar-refractivity contribution is -0.119. The highest BCUT2D eigenvalue weighted by molar-refractivity contribution is 7.10. The second kappa shape index (κ2) is 2.98. The van der Waals surface area contributed by atoms with Crippen molar-refractivity contribution in [1.82, 2.24) is 4.98 Å². The zero-order valence-corrected chi connectivity index (χ0v) is 6.89. The van der Waals surface area contributed by atoms with Crippen LogP contribution in [-0.4, -0.2) is 10.9 Å². The number of hydrogen-bond donors (Lipinski definition) is 2. The maximum Gasteiger partial charge on any atom is 0.239 e. The number of primary amides is 1. The highest BCUT2D eigenvalue weighted by atomic mass is 32.1. The molecule has 1 aromatic rings. The van der Waals surface area contributed by atoms with E-state index in [0.717, 1.165) is 10.6 Å². The third-order valence-corrected chi connectivity index (χ3v) is 2.39. The summed E-state index contributed by atoms with van der Waals surface area (Å²) in [4.78, 5) is 15.3. The number of carbonyl (C=O) groups is 1. The predicted molar refractivity (Wildman–Crippen MR) is 43.0 cm³/mol. The number of aryl methyl sites for hydroxylation is 1. The minimum absolute atomic E-state index is 0.516. The standard InChI is InChI=1S/C6H9N3OS/c1-3-5(11-2-9-3)4(7)6(8)10/h2,4H,7H2,1H3,(H2,8,10). The van der Waals surface area contributed by atoms with Crippen molar-refractivity contribution in [2.24, 2.45) is 11.5 Å². The molecule has 0 aromatic carbocycles. The fourth-order valence-corrected chi connectivity index (χ4v) is 1.55. The van der Waals surface area contributed by atoms with Gasteiger partial charge in [-0.25, -0.2) is 4.98 Å². The summed E-state index contributed by atoms with van der Waals surface area (Å²) in [6.07, 6.45) is 0. The Kier molecular flexibility index (Phi) is 2.21. The Morgan fingerprint density at radius 2 is 2.45 bits per heavy atom. The highest BCUT2D eigenvalue weighted by Gasteiger charge is 2.16. The van der Waals surface area contributed by atoms with Gasteiger partial charge in [0.15, 0.2) is 0 Å². The number of thiazole rings is 1. The molecular weight excluding hydrogens is 162 g/mol. The molecule has 0 aliphatic rings. The summed E-state index contributed by atoms with van der Waals surface area (Å²) >= 11 is 1.35. The summed E-state index contributed by atoms with van der Waals surface area (Å²) in [5.74, 6) is -0.516. The molecule has 0 saturated carbocycles. The topological polar surface area (TPSA) is 82.0 Å². The van der Waals surface area contributed by atoms with E-state index in [-0.39, 0.29) is 0 Å². The molecule has 1 atom stereocenters. The summed E-state index contributed by atoms with van der Waals surface area (Å²) in [5.41, 5.74) is 12.9. The number of amides is 1. The Morgan fingerprint density at radius 1 is 1.82 bits per heavy atom. The lowest BCUT2D eigenvalue weighted by Gasteiger charge is -2.03. The second-order valence-electron chi connectivity index (χ2n) is 2.18. The van der Waals surface area contributed by atoms with Crippen LogP contribution < -0.4 is 11.5 Å². The maximum atomic E-state index is 10.6. The molecule has 0 bridgehead atoms. The van der Waals surface area contributed by atoms with Gasteiger partial charge >= 0.3 is 0 Å². The Bertz CT molecular complexity index is 271. The molecule has 1 amide bonds. The van der Waals surface area contributed by atoms with Crippen molar-refractivity contribution < 1.29 is 4.79 Å². The minimum Gasteiger partial charge on any atom is -0.368 e. The first-order valence-corrected chi connectivity index (χ1v) is 3.95. The van der Waals surface area contributed by atoms with Crippen LogP contribution in [0.4, 0.5) is 0 Å². The highest BCUT2D eigenvalue weighted by Crippen LogP contribution is 2.18. The molecule has 4 N–H and O–H groups in total. The number of carbonyl (C=O) groups excluding carboxylic acids is 1. The summed E-state index contributed by atoms with van der Waals surface area (Å²) in [5, 5.41) is 0. The molecule has 5 heteroatoms. The summed E-state index contributed by atoms with van der Waals surface area (Å²) in [7, 11) is 0. The molecule has 60 valence electrons. The van der Waals surface area contributed by atoms with Crippen LogP contribution in [0, 0.1) is 6.92 Å². The second-order valence-corrected chi connectivity index (χ2v) is 3.07. The molecule has 0 fully saturated rings. The number of nitrogens with two attached hydrogens (primary N) is 2. The number of nitrogens with zero attached hydrogens (tertiary/aromatic N) is 1. The van der Waals surface area contributed by atoms with Crippen molar-refractivity contribution in [3.8, 4) is 0 Å². The van der Waals surface area contributed by atoms with Crippen molar-refractivity contribution >= 4 is 17.2 Å². The average molecular weight is 171 g/mol. The van der Waals surface area contributed by atoms with Crippen LogP contribution in [0.15, 0.2) is 5.51 Å². The van der Waals surface area contributed by atoms with Gasteiger partial charge in [-0.15, -0.1) is 11.3 Å². The Labute approximate surface area is 68.2 Å². The molecule has 1 aromatic heterocycles. The Morgan fingerprint density at radius 3 is 2.82 bits per heavy atom. The van der Waals surface area contributed by atoms with Crippen LogP contribution >= 0.6 is 11.3 Å². The molecule has 0 aliphatic carbocycles. The molecule has 0 saturated heterocycles. The SMILES string of the molecule is Cc1ncsc1C(N)C(N)=O. The molecule has 0 aliphatic heterocycles. The predicted octanol–water partition coefficient (Wildman–Crippen LogP) is -0.0634. The van der Waals surface area contributed by atoms with Crippen LogP contribution in [-0.2, 0) is 4.79 Å². The van der Waals surface area contributed by atoms with Gasteiger partial charge in [0.2, 0.25) is 5.91 Å². The van der Waals surface area contributed by atoms with Crippen LogP contribution in [0.25, 0.3) is 0 Å². The summed E-state index contributed by atoms with van der Waals surface area (Å²) < 4.78 is 0. The minimum atomic E-state index is -0.706. The molecular formula is C6H9N3OS. The van der Waals surface area contributed by atoms with E-state index in [2.05, 4.69) is 4.98 Å². The quantitative estimate of drug-likeness (QED) is 0.653. The first-order chi connectivity index (χ1) is 5.13. The maximum absolute atomic E-state index is 10.6. The molecule has 0 radical (unpaired) electrons. The van der Waals surface area contributed by atoms with E-state index in [9.17, 15) is 4.79 Å². The third-order valence-electron chi connectivity index (χ3n) is 1.37. The molecule has 11 heavy (non-hydrogen) atoms. The van der Waals surface area contributed by atoms with Gasteiger partial charge in [0.05, 0.1) is 16.1 Å². The lowest BCUT2D eigenvalue weighted by atomic mass is 10.2. The summed E-state index contributed by atoms with van der Waals surface area (Å²) in [6.45, 7) is 1.80. The van der Waals surface area contributed by atoms with Gasteiger partial charge in [-0.1, -0.05) is 0 Å². The van der Waals surface area contributed by atoms with Gasteiger partial charge < -0.3 is 11.5 Å². The normalized spacial score (nSPS) is 12.9. The lowest BCUT2D eigenvalue weighted by Crippen LogP contribution is -2.27. The van der Waals surface area contributed by atoms with E-state index in [1.807, 2.05) is 0 Å². The Balaban J connectivity index is 2.92. The van der Waals surface area contributed by atoms with Gasteiger partial charge in [0, 0.05) is 0 Å². The van der Waals surface area contributed by atoms with Crippen LogP contribution in [0.2, 0.25) is 0 Å². The first kappa shape index (κ1) is 8.16.